The van der Waals surface area contributed by atoms with Crippen molar-refractivity contribution >= 4 is 0 Å². The third-order valence-corrected chi connectivity index (χ3v) is 3.69. The SMILES string of the molecule is CCC1CCCC1NCC(C)(O)CC. The first-order valence-electron chi connectivity index (χ1n) is 6.05. The summed E-state index contributed by atoms with van der Waals surface area (Å²) in [4.78, 5) is 0. The molecule has 1 rings (SSSR count). The Kier molecular flexibility index (Phi) is 4.39. The van der Waals surface area contributed by atoms with E-state index in [0.717, 1.165) is 18.9 Å². The Morgan fingerprint density at radius 1 is 1.36 bits per heavy atom. The first kappa shape index (κ1) is 12.0. The number of nitrogens with one attached hydrogen (secondary N) is 1. The summed E-state index contributed by atoms with van der Waals surface area (Å²) in [5.74, 6) is 0.836. The molecule has 0 aromatic heterocycles. The van der Waals surface area contributed by atoms with Crippen LogP contribution in [0.15, 0.2) is 0 Å². The Morgan fingerprint density at radius 3 is 2.64 bits per heavy atom. The molecule has 2 nitrogen and oxygen atoms in total. The number of aliphatic hydroxyl groups is 1. The summed E-state index contributed by atoms with van der Waals surface area (Å²) >= 11 is 0. The Labute approximate surface area is 88.1 Å². The third-order valence-electron chi connectivity index (χ3n) is 3.69. The third kappa shape index (κ3) is 3.25. The topological polar surface area (TPSA) is 32.3 Å². The van der Waals surface area contributed by atoms with Crippen molar-refractivity contribution in [2.24, 2.45) is 5.92 Å². The van der Waals surface area contributed by atoms with Crippen molar-refractivity contribution in [3.63, 3.8) is 0 Å². The van der Waals surface area contributed by atoms with Gasteiger partial charge in [0.1, 0.15) is 0 Å². The zero-order valence-electron chi connectivity index (χ0n) is 9.84. The first-order chi connectivity index (χ1) is 6.59. The summed E-state index contributed by atoms with van der Waals surface area (Å²) in [7, 11) is 0. The zero-order chi connectivity index (χ0) is 10.6. The van der Waals surface area contributed by atoms with Crippen LogP contribution in [0.25, 0.3) is 0 Å². The van der Waals surface area contributed by atoms with Crippen molar-refractivity contribution in [1.29, 1.82) is 0 Å². The van der Waals surface area contributed by atoms with E-state index >= 15 is 0 Å². The van der Waals surface area contributed by atoms with E-state index in [-0.39, 0.29) is 0 Å². The van der Waals surface area contributed by atoms with E-state index in [4.69, 9.17) is 0 Å². The van der Waals surface area contributed by atoms with Gasteiger partial charge in [0.25, 0.3) is 0 Å². The van der Waals surface area contributed by atoms with Gasteiger partial charge < -0.3 is 10.4 Å². The van der Waals surface area contributed by atoms with Crippen LogP contribution >= 0.6 is 0 Å². The molecule has 3 atom stereocenters. The van der Waals surface area contributed by atoms with E-state index in [2.05, 4.69) is 12.2 Å². The minimum Gasteiger partial charge on any atom is -0.389 e. The van der Waals surface area contributed by atoms with Crippen LogP contribution in [0.5, 0.6) is 0 Å². The average molecular weight is 199 g/mol. The highest BCUT2D eigenvalue weighted by molar-refractivity contribution is 4.85. The van der Waals surface area contributed by atoms with Crippen molar-refractivity contribution < 1.29 is 5.11 Å². The Morgan fingerprint density at radius 2 is 2.07 bits per heavy atom. The summed E-state index contributed by atoms with van der Waals surface area (Å²) in [6, 6.07) is 0.651. The second kappa shape index (κ2) is 5.13. The molecule has 2 N–H and O–H groups in total. The Balaban J connectivity index is 2.30. The molecule has 0 aliphatic heterocycles. The molecular weight excluding hydrogens is 174 g/mol. The van der Waals surface area contributed by atoms with Crippen LogP contribution in [0, 0.1) is 5.92 Å². The van der Waals surface area contributed by atoms with Crippen molar-refractivity contribution in [3.05, 3.63) is 0 Å². The van der Waals surface area contributed by atoms with Crippen molar-refractivity contribution in [2.45, 2.75) is 64.5 Å². The minimum absolute atomic E-state index is 0.527. The fourth-order valence-electron chi connectivity index (χ4n) is 2.27. The predicted molar refractivity (Wildman–Crippen MR) is 60.3 cm³/mol. The quantitative estimate of drug-likeness (QED) is 0.712. The maximum atomic E-state index is 9.88. The van der Waals surface area contributed by atoms with Crippen molar-refractivity contribution in [3.8, 4) is 0 Å². The fourth-order valence-corrected chi connectivity index (χ4v) is 2.27. The summed E-state index contributed by atoms with van der Waals surface area (Å²) in [5, 5.41) is 13.4. The lowest BCUT2D eigenvalue weighted by molar-refractivity contribution is 0.0513. The van der Waals surface area contributed by atoms with Gasteiger partial charge in [0.2, 0.25) is 0 Å². The van der Waals surface area contributed by atoms with Crippen LogP contribution in [0.3, 0.4) is 0 Å². The second-order valence-corrected chi connectivity index (χ2v) is 4.94. The molecular formula is C12H25NO. The molecule has 1 fully saturated rings. The molecule has 0 bridgehead atoms. The van der Waals surface area contributed by atoms with Crippen molar-refractivity contribution in [2.75, 3.05) is 6.54 Å². The van der Waals surface area contributed by atoms with E-state index < -0.39 is 5.60 Å². The largest absolute Gasteiger partial charge is 0.389 e. The zero-order valence-corrected chi connectivity index (χ0v) is 9.84. The molecule has 0 aromatic rings. The van der Waals surface area contributed by atoms with Crippen molar-refractivity contribution in [1.82, 2.24) is 5.32 Å². The second-order valence-electron chi connectivity index (χ2n) is 4.94. The summed E-state index contributed by atoms with van der Waals surface area (Å²) in [5.41, 5.74) is -0.527. The van der Waals surface area contributed by atoms with Gasteiger partial charge >= 0.3 is 0 Å². The van der Waals surface area contributed by atoms with Crippen LogP contribution < -0.4 is 5.32 Å². The van der Waals surface area contributed by atoms with Gasteiger partial charge in [-0.2, -0.15) is 0 Å². The minimum atomic E-state index is -0.527. The number of hydrogen-bond donors (Lipinski definition) is 2. The van der Waals surface area contributed by atoms with Gasteiger partial charge in [-0.3, -0.25) is 0 Å². The Bertz CT molecular complexity index is 168. The maximum absolute atomic E-state index is 9.88. The standard InChI is InChI=1S/C12H25NO/c1-4-10-7-6-8-11(10)13-9-12(3,14)5-2/h10-11,13-14H,4-9H2,1-3H3. The van der Waals surface area contributed by atoms with Gasteiger partial charge in [0, 0.05) is 12.6 Å². The van der Waals surface area contributed by atoms with Gasteiger partial charge in [-0.05, 0) is 32.1 Å². The molecule has 3 unspecified atom stereocenters. The fraction of sp³-hybridized carbons (Fsp3) is 1.00. The molecule has 14 heavy (non-hydrogen) atoms. The van der Waals surface area contributed by atoms with Gasteiger partial charge in [-0.25, -0.2) is 0 Å². The normalized spacial score (nSPS) is 31.7. The van der Waals surface area contributed by atoms with Crippen LogP contribution in [0.2, 0.25) is 0 Å². The lowest BCUT2D eigenvalue weighted by Crippen LogP contribution is -2.43. The average Bonchev–Trinajstić information content (AvgIpc) is 2.62. The maximum Gasteiger partial charge on any atom is 0.0741 e. The molecule has 0 spiro atoms. The lowest BCUT2D eigenvalue weighted by atomic mass is 9.98. The monoisotopic (exact) mass is 199 g/mol. The molecule has 1 aliphatic carbocycles. The van der Waals surface area contributed by atoms with Crippen LogP contribution in [-0.4, -0.2) is 23.3 Å². The lowest BCUT2D eigenvalue weighted by Gasteiger charge is -2.27. The van der Waals surface area contributed by atoms with E-state index in [9.17, 15) is 5.11 Å². The van der Waals surface area contributed by atoms with Gasteiger partial charge in [-0.15, -0.1) is 0 Å². The Hall–Kier alpha value is -0.0800. The highest BCUT2D eigenvalue weighted by Crippen LogP contribution is 2.28. The predicted octanol–water partition coefficient (Wildman–Crippen LogP) is 2.32. The van der Waals surface area contributed by atoms with Crippen LogP contribution in [-0.2, 0) is 0 Å². The summed E-state index contributed by atoms with van der Waals surface area (Å²) < 4.78 is 0. The molecule has 2 heteroatoms. The van der Waals surface area contributed by atoms with E-state index in [0.29, 0.717) is 6.04 Å². The highest BCUT2D eigenvalue weighted by atomic mass is 16.3. The number of hydrogen-bond acceptors (Lipinski definition) is 2. The molecule has 0 radical (unpaired) electrons. The van der Waals surface area contributed by atoms with Gasteiger partial charge in [0.15, 0.2) is 0 Å². The van der Waals surface area contributed by atoms with Crippen LogP contribution in [0.1, 0.15) is 52.9 Å². The smallest absolute Gasteiger partial charge is 0.0741 e. The number of rotatable bonds is 5. The first-order valence-corrected chi connectivity index (χ1v) is 6.05. The molecule has 0 heterocycles. The molecule has 0 amide bonds. The summed E-state index contributed by atoms with van der Waals surface area (Å²) in [6.07, 6.45) is 6.10. The molecule has 0 saturated heterocycles. The van der Waals surface area contributed by atoms with Gasteiger partial charge in [-0.1, -0.05) is 26.7 Å². The van der Waals surface area contributed by atoms with E-state index in [1.807, 2.05) is 13.8 Å². The highest BCUT2D eigenvalue weighted by Gasteiger charge is 2.27. The summed E-state index contributed by atoms with van der Waals surface area (Å²) in [6.45, 7) is 6.96. The molecule has 0 aromatic carbocycles. The van der Waals surface area contributed by atoms with Gasteiger partial charge in [0.05, 0.1) is 5.60 Å². The van der Waals surface area contributed by atoms with E-state index in [1.165, 1.54) is 25.7 Å². The molecule has 1 aliphatic rings. The molecule has 84 valence electrons. The molecule has 1 saturated carbocycles. The van der Waals surface area contributed by atoms with E-state index in [1.54, 1.807) is 0 Å². The van der Waals surface area contributed by atoms with Crippen LogP contribution in [0.4, 0.5) is 0 Å².